The topological polar surface area (TPSA) is 43.8 Å². The molecule has 1 aliphatic heterocycles. The van der Waals surface area contributed by atoms with E-state index in [2.05, 4.69) is 11.0 Å². The summed E-state index contributed by atoms with van der Waals surface area (Å²) in [4.78, 5) is 15.8. The van der Waals surface area contributed by atoms with Gasteiger partial charge in [-0.25, -0.2) is 0 Å². The van der Waals surface area contributed by atoms with Gasteiger partial charge in [0, 0.05) is 38.8 Å². The SMILES string of the molecule is CN1Cc2ccccc2N(CC(C)(C)O)CCC1=O. The van der Waals surface area contributed by atoms with Crippen LogP contribution in [0.15, 0.2) is 24.3 Å². The Morgan fingerprint density at radius 2 is 2.00 bits per heavy atom. The minimum Gasteiger partial charge on any atom is -0.389 e. The van der Waals surface area contributed by atoms with Crippen molar-refractivity contribution < 1.29 is 9.90 Å². The summed E-state index contributed by atoms with van der Waals surface area (Å²) in [6.45, 7) is 5.38. The van der Waals surface area contributed by atoms with E-state index in [0.29, 0.717) is 26.1 Å². The molecule has 19 heavy (non-hydrogen) atoms. The van der Waals surface area contributed by atoms with Crippen molar-refractivity contribution in [3.05, 3.63) is 29.8 Å². The zero-order valence-electron chi connectivity index (χ0n) is 11.9. The van der Waals surface area contributed by atoms with E-state index in [4.69, 9.17) is 0 Å². The highest BCUT2D eigenvalue weighted by Crippen LogP contribution is 2.25. The van der Waals surface area contributed by atoms with E-state index >= 15 is 0 Å². The highest BCUT2D eigenvalue weighted by molar-refractivity contribution is 5.77. The van der Waals surface area contributed by atoms with Crippen LogP contribution in [-0.2, 0) is 11.3 Å². The zero-order valence-corrected chi connectivity index (χ0v) is 11.9. The Morgan fingerprint density at radius 1 is 1.32 bits per heavy atom. The van der Waals surface area contributed by atoms with Crippen LogP contribution >= 0.6 is 0 Å². The molecule has 1 aromatic rings. The summed E-state index contributed by atoms with van der Waals surface area (Å²) in [5.41, 5.74) is 1.47. The summed E-state index contributed by atoms with van der Waals surface area (Å²) in [6, 6.07) is 8.09. The Bertz CT molecular complexity index is 465. The second kappa shape index (κ2) is 5.21. The fourth-order valence-electron chi connectivity index (χ4n) is 2.47. The molecule has 1 aromatic carbocycles. The van der Waals surface area contributed by atoms with E-state index in [1.165, 1.54) is 0 Å². The monoisotopic (exact) mass is 262 g/mol. The molecule has 0 saturated carbocycles. The van der Waals surface area contributed by atoms with Crippen molar-refractivity contribution in [3.8, 4) is 0 Å². The number of rotatable bonds is 2. The number of fused-ring (bicyclic) bond motifs is 1. The molecule has 0 spiro atoms. The van der Waals surface area contributed by atoms with E-state index in [0.717, 1.165) is 11.3 Å². The Balaban J connectivity index is 2.34. The van der Waals surface area contributed by atoms with E-state index in [1.807, 2.05) is 25.2 Å². The van der Waals surface area contributed by atoms with Gasteiger partial charge in [-0.1, -0.05) is 18.2 Å². The van der Waals surface area contributed by atoms with Crippen molar-refractivity contribution in [1.82, 2.24) is 4.90 Å². The normalized spacial score (nSPS) is 16.9. The second-order valence-corrected chi connectivity index (χ2v) is 5.86. The lowest BCUT2D eigenvalue weighted by Gasteiger charge is -2.35. The van der Waals surface area contributed by atoms with Gasteiger partial charge in [-0.15, -0.1) is 0 Å². The molecule has 0 aliphatic carbocycles. The van der Waals surface area contributed by atoms with Gasteiger partial charge in [-0.2, -0.15) is 0 Å². The predicted octanol–water partition coefficient (Wildman–Crippen LogP) is 1.63. The number of carbonyl (C=O) groups excluding carboxylic acids is 1. The van der Waals surface area contributed by atoms with Crippen molar-refractivity contribution >= 4 is 11.6 Å². The minimum atomic E-state index is -0.777. The Morgan fingerprint density at radius 3 is 2.68 bits per heavy atom. The maximum absolute atomic E-state index is 11.9. The van der Waals surface area contributed by atoms with Gasteiger partial charge < -0.3 is 14.9 Å². The summed E-state index contributed by atoms with van der Waals surface area (Å²) >= 11 is 0. The third-order valence-corrected chi connectivity index (χ3v) is 3.34. The van der Waals surface area contributed by atoms with Gasteiger partial charge in [-0.3, -0.25) is 4.79 Å². The second-order valence-electron chi connectivity index (χ2n) is 5.86. The standard InChI is InChI=1S/C15H22N2O2/c1-15(2,19)11-17-9-8-14(18)16(3)10-12-6-4-5-7-13(12)17/h4-7,19H,8-11H2,1-3H3. The smallest absolute Gasteiger partial charge is 0.224 e. The molecular formula is C15H22N2O2. The average molecular weight is 262 g/mol. The molecule has 0 unspecified atom stereocenters. The van der Waals surface area contributed by atoms with Crippen LogP contribution in [0, 0.1) is 0 Å². The van der Waals surface area contributed by atoms with Gasteiger partial charge >= 0.3 is 0 Å². The van der Waals surface area contributed by atoms with Crippen LogP contribution in [-0.4, -0.2) is 41.7 Å². The number of β-amino-alcohol motifs (C(OH)–C–C–N with tert-alkyl or cyclic N) is 1. The summed E-state index contributed by atoms with van der Waals surface area (Å²) in [5.74, 6) is 0.148. The maximum atomic E-state index is 11.9. The highest BCUT2D eigenvalue weighted by atomic mass is 16.3. The highest BCUT2D eigenvalue weighted by Gasteiger charge is 2.24. The van der Waals surface area contributed by atoms with Gasteiger partial charge in [0.1, 0.15) is 0 Å². The van der Waals surface area contributed by atoms with Crippen LogP contribution in [0.2, 0.25) is 0 Å². The number of amides is 1. The molecule has 0 fully saturated rings. The molecule has 4 heteroatoms. The Labute approximate surface area is 114 Å². The predicted molar refractivity (Wildman–Crippen MR) is 76.0 cm³/mol. The molecule has 2 rings (SSSR count). The molecule has 104 valence electrons. The molecule has 0 saturated heterocycles. The van der Waals surface area contributed by atoms with Crippen LogP contribution in [0.5, 0.6) is 0 Å². The number of anilines is 1. The van der Waals surface area contributed by atoms with Gasteiger partial charge in [0.25, 0.3) is 0 Å². The minimum absolute atomic E-state index is 0.148. The van der Waals surface area contributed by atoms with Crippen molar-refractivity contribution in [2.75, 3.05) is 25.0 Å². The van der Waals surface area contributed by atoms with E-state index in [9.17, 15) is 9.90 Å². The summed E-state index contributed by atoms with van der Waals surface area (Å²) in [5, 5.41) is 10.0. The molecule has 0 aromatic heterocycles. The number of benzene rings is 1. The first-order chi connectivity index (χ1) is 8.87. The van der Waals surface area contributed by atoms with Crippen LogP contribution in [0.4, 0.5) is 5.69 Å². The molecule has 4 nitrogen and oxygen atoms in total. The lowest BCUT2D eigenvalue weighted by molar-refractivity contribution is -0.130. The molecular weight excluding hydrogens is 240 g/mol. The van der Waals surface area contributed by atoms with Crippen molar-refractivity contribution in [2.24, 2.45) is 0 Å². The van der Waals surface area contributed by atoms with Crippen LogP contribution < -0.4 is 4.90 Å². The van der Waals surface area contributed by atoms with Crippen LogP contribution in [0.25, 0.3) is 0 Å². The molecule has 0 atom stereocenters. The third-order valence-electron chi connectivity index (χ3n) is 3.34. The molecule has 0 bridgehead atoms. The number of hydrogen-bond acceptors (Lipinski definition) is 3. The van der Waals surface area contributed by atoms with E-state index in [1.54, 1.807) is 18.7 Å². The average Bonchev–Trinajstić information content (AvgIpc) is 2.32. The van der Waals surface area contributed by atoms with Gasteiger partial charge in [-0.05, 0) is 25.5 Å². The third kappa shape index (κ3) is 3.47. The largest absolute Gasteiger partial charge is 0.389 e. The molecule has 1 amide bonds. The van der Waals surface area contributed by atoms with E-state index in [-0.39, 0.29) is 5.91 Å². The molecule has 0 radical (unpaired) electrons. The summed E-state index contributed by atoms with van der Waals surface area (Å²) in [6.07, 6.45) is 0.487. The Hall–Kier alpha value is -1.55. The molecule has 1 N–H and O–H groups in total. The zero-order chi connectivity index (χ0) is 14.0. The molecule has 1 aliphatic rings. The first kappa shape index (κ1) is 13.9. The van der Waals surface area contributed by atoms with Crippen LogP contribution in [0.1, 0.15) is 25.8 Å². The fraction of sp³-hybridized carbons (Fsp3) is 0.533. The number of hydrogen-bond donors (Lipinski definition) is 1. The summed E-state index contributed by atoms with van der Waals surface area (Å²) in [7, 11) is 1.84. The number of aliphatic hydroxyl groups is 1. The van der Waals surface area contributed by atoms with Gasteiger partial charge in [0.2, 0.25) is 5.91 Å². The first-order valence-corrected chi connectivity index (χ1v) is 6.66. The lowest BCUT2D eigenvalue weighted by atomic mass is 10.0. The van der Waals surface area contributed by atoms with E-state index < -0.39 is 5.60 Å². The van der Waals surface area contributed by atoms with Crippen molar-refractivity contribution in [3.63, 3.8) is 0 Å². The first-order valence-electron chi connectivity index (χ1n) is 6.66. The Kier molecular flexibility index (Phi) is 3.80. The summed E-state index contributed by atoms with van der Waals surface area (Å²) < 4.78 is 0. The van der Waals surface area contributed by atoms with Crippen molar-refractivity contribution in [2.45, 2.75) is 32.4 Å². The van der Waals surface area contributed by atoms with Gasteiger partial charge in [0.05, 0.1) is 5.60 Å². The maximum Gasteiger partial charge on any atom is 0.224 e. The quantitative estimate of drug-likeness (QED) is 0.881. The number of carbonyl (C=O) groups is 1. The van der Waals surface area contributed by atoms with Crippen LogP contribution in [0.3, 0.4) is 0 Å². The fourth-order valence-corrected chi connectivity index (χ4v) is 2.47. The number of para-hydroxylation sites is 1. The number of nitrogens with zero attached hydrogens (tertiary/aromatic N) is 2. The van der Waals surface area contributed by atoms with Crippen molar-refractivity contribution in [1.29, 1.82) is 0 Å². The van der Waals surface area contributed by atoms with Gasteiger partial charge in [0.15, 0.2) is 0 Å². The lowest BCUT2D eigenvalue weighted by Crippen LogP contribution is -2.43. The molecule has 1 heterocycles.